The second kappa shape index (κ2) is 8.47. The first-order valence-electron chi connectivity index (χ1n) is 9.10. The number of hydrogen-bond donors (Lipinski definition) is 2. The largest absolute Gasteiger partial charge is 0.355 e. The van der Waals surface area contributed by atoms with Gasteiger partial charge in [-0.2, -0.15) is 5.10 Å². The molecular formula is C19H25N7OS. The molecule has 3 aromatic rings. The number of carbonyl (C=O) groups is 1. The van der Waals surface area contributed by atoms with E-state index in [0.717, 1.165) is 11.4 Å². The summed E-state index contributed by atoms with van der Waals surface area (Å²) in [6, 6.07) is 12.0. The Balaban J connectivity index is 1.61. The number of nitrogen functional groups attached to an aromatic ring is 1. The molecule has 0 saturated heterocycles. The van der Waals surface area contributed by atoms with Gasteiger partial charge in [-0.15, -0.1) is 10.2 Å². The fourth-order valence-corrected chi connectivity index (χ4v) is 3.62. The third-order valence-corrected chi connectivity index (χ3v) is 5.50. The molecule has 2 heterocycles. The second-order valence-corrected chi connectivity index (χ2v) is 8.12. The molecule has 2 aromatic heterocycles. The van der Waals surface area contributed by atoms with Crippen LogP contribution in [0.3, 0.4) is 0 Å². The van der Waals surface area contributed by atoms with Crippen LogP contribution in [0.1, 0.15) is 36.7 Å². The number of rotatable bonds is 7. The Morgan fingerprint density at radius 1 is 1.21 bits per heavy atom. The standard InChI is InChI=1S/C19H25N7OS/c1-12(16-8-6-5-7-9-16)11-21-17(27)15(4)28-19-23-22-18(25(19)20)26-14(3)10-13(2)24-26/h5-10,12,15H,11,20H2,1-4H3,(H,21,27)/t12-,15+/m1/s1. The second-order valence-electron chi connectivity index (χ2n) is 6.81. The van der Waals surface area contributed by atoms with Crippen molar-refractivity contribution in [3.8, 4) is 5.95 Å². The molecule has 28 heavy (non-hydrogen) atoms. The molecule has 9 heteroatoms. The van der Waals surface area contributed by atoms with Gasteiger partial charge in [-0.1, -0.05) is 49.0 Å². The van der Waals surface area contributed by atoms with E-state index in [4.69, 9.17) is 5.84 Å². The number of nitrogens with one attached hydrogen (secondary N) is 1. The fraction of sp³-hybridized carbons (Fsp3) is 0.368. The van der Waals surface area contributed by atoms with E-state index in [0.29, 0.717) is 17.6 Å². The lowest BCUT2D eigenvalue weighted by Crippen LogP contribution is -2.34. The Hall–Kier alpha value is -2.81. The number of benzene rings is 1. The Morgan fingerprint density at radius 2 is 1.93 bits per heavy atom. The van der Waals surface area contributed by atoms with Gasteiger partial charge in [0.25, 0.3) is 5.95 Å². The van der Waals surface area contributed by atoms with Crippen LogP contribution in [-0.4, -0.2) is 42.4 Å². The zero-order chi connectivity index (χ0) is 20.3. The van der Waals surface area contributed by atoms with Gasteiger partial charge in [0.05, 0.1) is 10.9 Å². The molecule has 0 saturated carbocycles. The Kier molecular flexibility index (Phi) is 6.03. The average molecular weight is 400 g/mol. The van der Waals surface area contributed by atoms with E-state index in [-0.39, 0.29) is 17.1 Å². The van der Waals surface area contributed by atoms with Crippen molar-refractivity contribution in [2.75, 3.05) is 12.4 Å². The van der Waals surface area contributed by atoms with E-state index in [1.807, 2.05) is 45.0 Å². The molecule has 3 N–H and O–H groups in total. The van der Waals surface area contributed by atoms with Gasteiger partial charge in [0, 0.05) is 12.2 Å². The molecule has 0 unspecified atom stereocenters. The minimum Gasteiger partial charge on any atom is -0.355 e. The highest BCUT2D eigenvalue weighted by molar-refractivity contribution is 8.00. The van der Waals surface area contributed by atoms with Crippen molar-refractivity contribution >= 4 is 17.7 Å². The van der Waals surface area contributed by atoms with Crippen molar-refractivity contribution in [2.45, 2.75) is 44.0 Å². The summed E-state index contributed by atoms with van der Waals surface area (Å²) in [5.74, 6) is 6.72. The number of nitrogens with two attached hydrogens (primary N) is 1. The quantitative estimate of drug-likeness (QED) is 0.466. The van der Waals surface area contributed by atoms with Gasteiger partial charge in [-0.05, 0) is 38.3 Å². The molecule has 2 atom stereocenters. The lowest BCUT2D eigenvalue weighted by atomic mass is 10.0. The number of nitrogens with zero attached hydrogens (tertiary/aromatic N) is 5. The van der Waals surface area contributed by atoms with Crippen LogP contribution in [0.15, 0.2) is 41.6 Å². The summed E-state index contributed by atoms with van der Waals surface area (Å²) in [5.41, 5.74) is 2.98. The lowest BCUT2D eigenvalue weighted by Gasteiger charge is -2.15. The third kappa shape index (κ3) is 4.36. The Bertz CT molecular complexity index is 951. The molecule has 1 aromatic carbocycles. The number of thioether (sulfide) groups is 1. The highest BCUT2D eigenvalue weighted by Gasteiger charge is 2.21. The predicted octanol–water partition coefficient (Wildman–Crippen LogP) is 2.19. The summed E-state index contributed by atoms with van der Waals surface area (Å²) in [5, 5.41) is 15.7. The topological polar surface area (TPSA) is 104 Å². The molecule has 8 nitrogen and oxygen atoms in total. The molecule has 1 amide bonds. The number of aryl methyl sites for hydroxylation is 2. The van der Waals surface area contributed by atoms with Crippen molar-refractivity contribution in [1.82, 2.24) is 30.0 Å². The highest BCUT2D eigenvalue weighted by Crippen LogP contribution is 2.22. The van der Waals surface area contributed by atoms with Gasteiger partial charge in [0.1, 0.15) is 0 Å². The van der Waals surface area contributed by atoms with Crippen LogP contribution < -0.4 is 11.2 Å². The predicted molar refractivity (Wildman–Crippen MR) is 110 cm³/mol. The maximum atomic E-state index is 12.5. The molecule has 148 valence electrons. The van der Waals surface area contributed by atoms with Crippen LogP contribution in [0.4, 0.5) is 0 Å². The molecule has 0 radical (unpaired) electrons. The molecule has 0 spiro atoms. The van der Waals surface area contributed by atoms with Crippen LogP contribution in [0, 0.1) is 13.8 Å². The number of carbonyl (C=O) groups excluding carboxylic acids is 1. The summed E-state index contributed by atoms with van der Waals surface area (Å²) in [6.45, 7) is 8.31. The van der Waals surface area contributed by atoms with E-state index in [2.05, 4.69) is 39.7 Å². The SMILES string of the molecule is Cc1cc(C)n(-c2nnc(S[C@@H](C)C(=O)NC[C@@H](C)c3ccccc3)n2N)n1. The molecular weight excluding hydrogens is 374 g/mol. The van der Waals surface area contributed by atoms with Gasteiger partial charge in [-0.25, -0.2) is 9.36 Å². The van der Waals surface area contributed by atoms with Gasteiger partial charge < -0.3 is 11.2 Å². The van der Waals surface area contributed by atoms with Gasteiger partial charge in [-0.3, -0.25) is 4.79 Å². The van der Waals surface area contributed by atoms with Crippen molar-refractivity contribution < 1.29 is 4.79 Å². The van der Waals surface area contributed by atoms with Crippen molar-refractivity contribution in [3.63, 3.8) is 0 Å². The molecule has 0 bridgehead atoms. The first kappa shape index (κ1) is 19.9. The van der Waals surface area contributed by atoms with Crippen LogP contribution >= 0.6 is 11.8 Å². The maximum absolute atomic E-state index is 12.5. The summed E-state index contributed by atoms with van der Waals surface area (Å²) >= 11 is 1.27. The molecule has 0 aliphatic heterocycles. The minimum absolute atomic E-state index is 0.0663. The number of aromatic nitrogens is 5. The summed E-state index contributed by atoms with van der Waals surface area (Å²) in [6.07, 6.45) is 0. The van der Waals surface area contributed by atoms with Crippen LogP contribution in [0.5, 0.6) is 0 Å². The zero-order valence-corrected chi connectivity index (χ0v) is 17.3. The smallest absolute Gasteiger partial charge is 0.271 e. The van der Waals surface area contributed by atoms with Crippen molar-refractivity contribution in [1.29, 1.82) is 0 Å². The van der Waals surface area contributed by atoms with Crippen molar-refractivity contribution in [3.05, 3.63) is 53.3 Å². The van der Waals surface area contributed by atoms with E-state index in [1.54, 1.807) is 4.68 Å². The summed E-state index contributed by atoms with van der Waals surface area (Å²) < 4.78 is 3.00. The van der Waals surface area contributed by atoms with Gasteiger partial charge in [0.2, 0.25) is 11.1 Å². The first-order chi connectivity index (χ1) is 13.4. The van der Waals surface area contributed by atoms with Crippen LogP contribution in [0.25, 0.3) is 5.95 Å². The maximum Gasteiger partial charge on any atom is 0.271 e. The zero-order valence-electron chi connectivity index (χ0n) is 16.5. The Labute approximate surface area is 168 Å². The highest BCUT2D eigenvalue weighted by atomic mass is 32.2. The van der Waals surface area contributed by atoms with Gasteiger partial charge in [0.15, 0.2) is 0 Å². The molecule has 0 aliphatic carbocycles. The van der Waals surface area contributed by atoms with Crippen molar-refractivity contribution in [2.24, 2.45) is 0 Å². The fourth-order valence-electron chi connectivity index (χ4n) is 2.83. The third-order valence-electron chi connectivity index (χ3n) is 4.45. The molecule has 0 fully saturated rings. The van der Waals surface area contributed by atoms with Crippen LogP contribution in [0.2, 0.25) is 0 Å². The van der Waals surface area contributed by atoms with E-state index in [9.17, 15) is 4.79 Å². The van der Waals surface area contributed by atoms with E-state index < -0.39 is 0 Å². The van der Waals surface area contributed by atoms with Gasteiger partial charge >= 0.3 is 0 Å². The summed E-state index contributed by atoms with van der Waals surface area (Å²) in [7, 11) is 0. The number of hydrogen-bond acceptors (Lipinski definition) is 6. The lowest BCUT2D eigenvalue weighted by molar-refractivity contribution is -0.120. The van der Waals surface area contributed by atoms with Crippen LogP contribution in [-0.2, 0) is 4.79 Å². The van der Waals surface area contributed by atoms with E-state index >= 15 is 0 Å². The average Bonchev–Trinajstić information content (AvgIpc) is 3.21. The minimum atomic E-state index is -0.359. The van der Waals surface area contributed by atoms with E-state index in [1.165, 1.54) is 22.0 Å². The first-order valence-corrected chi connectivity index (χ1v) is 9.98. The normalized spacial score (nSPS) is 13.3. The molecule has 3 rings (SSSR count). The number of amides is 1. The molecule has 0 aliphatic rings. The Morgan fingerprint density at radius 3 is 2.57 bits per heavy atom. The summed E-state index contributed by atoms with van der Waals surface area (Å²) in [4.78, 5) is 12.5. The monoisotopic (exact) mass is 399 g/mol.